The first kappa shape index (κ1) is 25.6. The van der Waals surface area contributed by atoms with Crippen molar-refractivity contribution >= 4 is 45.4 Å². The Kier molecular flexibility index (Phi) is 7.80. The van der Waals surface area contributed by atoms with E-state index in [0.29, 0.717) is 56.2 Å². The van der Waals surface area contributed by atoms with Crippen LogP contribution in [0.3, 0.4) is 0 Å². The molecule has 1 N–H and O–H groups in total. The van der Waals surface area contributed by atoms with E-state index in [1.807, 2.05) is 13.8 Å². The van der Waals surface area contributed by atoms with Gasteiger partial charge >= 0.3 is 11.9 Å². The molecule has 1 aliphatic carbocycles. The minimum absolute atomic E-state index is 0.0884. The second-order valence-electron chi connectivity index (χ2n) is 8.60. The molecule has 8 nitrogen and oxygen atoms in total. The van der Waals surface area contributed by atoms with Crippen LogP contribution in [0.25, 0.3) is 0 Å². The molecule has 1 aromatic rings. The number of esters is 2. The normalized spacial score (nSPS) is 23.1. The average molecular weight is 566 g/mol. The van der Waals surface area contributed by atoms with E-state index in [-0.39, 0.29) is 25.1 Å². The summed E-state index contributed by atoms with van der Waals surface area (Å²) in [6.07, 6.45) is 0.465. The Morgan fingerprint density at radius 1 is 1.26 bits per heavy atom. The zero-order valence-corrected chi connectivity index (χ0v) is 22.5. The van der Waals surface area contributed by atoms with Crippen molar-refractivity contribution in [3.8, 4) is 11.5 Å². The molecule has 2 aliphatic heterocycles. The van der Waals surface area contributed by atoms with Crippen molar-refractivity contribution in [3.63, 3.8) is 0 Å². The molecule has 1 aromatic carbocycles. The summed E-state index contributed by atoms with van der Waals surface area (Å²) >= 11 is 5.28. The van der Waals surface area contributed by atoms with E-state index in [1.54, 1.807) is 30.8 Å². The maximum atomic E-state index is 13.8. The van der Waals surface area contributed by atoms with Gasteiger partial charge in [-0.3, -0.25) is 9.59 Å². The summed E-state index contributed by atoms with van der Waals surface area (Å²) in [7, 11) is 1.28. The maximum Gasteiger partial charge on any atom is 0.336 e. The number of benzene rings is 1. The Bertz CT molecular complexity index is 1130. The van der Waals surface area contributed by atoms with E-state index in [0.717, 1.165) is 5.75 Å². The predicted octanol–water partition coefficient (Wildman–Crippen LogP) is 4.09. The third-order valence-electron chi connectivity index (χ3n) is 6.43. The quantitative estimate of drug-likeness (QED) is 0.297. The van der Waals surface area contributed by atoms with Crippen LogP contribution in [0.1, 0.15) is 38.7 Å². The molecule has 188 valence electrons. The van der Waals surface area contributed by atoms with Crippen LogP contribution < -0.4 is 14.8 Å². The number of fused-ring (bicyclic) bond motifs is 1. The van der Waals surface area contributed by atoms with Crippen LogP contribution in [-0.2, 0) is 23.9 Å². The number of hydrogen-bond donors (Lipinski definition) is 1. The van der Waals surface area contributed by atoms with Crippen LogP contribution >= 0.6 is 27.7 Å². The highest BCUT2D eigenvalue weighted by Crippen LogP contribution is 2.49. The first-order valence-electron chi connectivity index (χ1n) is 11.4. The van der Waals surface area contributed by atoms with Gasteiger partial charge in [-0.1, -0.05) is 29.8 Å². The van der Waals surface area contributed by atoms with E-state index in [2.05, 4.69) is 21.2 Å². The number of methoxy groups -OCH3 is 1. The summed E-state index contributed by atoms with van der Waals surface area (Å²) < 4.78 is 22.3. The van der Waals surface area contributed by atoms with Gasteiger partial charge in [-0.25, -0.2) is 4.79 Å². The van der Waals surface area contributed by atoms with E-state index in [4.69, 9.17) is 18.9 Å². The molecule has 3 atom stereocenters. The van der Waals surface area contributed by atoms with Gasteiger partial charge in [0.2, 0.25) is 6.79 Å². The van der Waals surface area contributed by atoms with E-state index >= 15 is 0 Å². The molecule has 0 spiro atoms. The van der Waals surface area contributed by atoms with Crippen LogP contribution in [0.5, 0.6) is 11.5 Å². The zero-order chi connectivity index (χ0) is 25.3. The first-order chi connectivity index (χ1) is 16.8. The van der Waals surface area contributed by atoms with Gasteiger partial charge in [-0.2, -0.15) is 11.8 Å². The minimum atomic E-state index is -0.951. The Balaban J connectivity index is 1.82. The molecule has 0 fully saturated rings. The minimum Gasteiger partial charge on any atom is -0.468 e. The highest BCUT2D eigenvalue weighted by atomic mass is 79.9. The number of carbonyl (C=O) groups excluding carboxylic acids is 3. The van der Waals surface area contributed by atoms with Gasteiger partial charge in [0.1, 0.15) is 12.5 Å². The molecule has 3 aliphatic rings. The Labute approximate surface area is 216 Å². The molecule has 10 heteroatoms. The first-order valence-corrected chi connectivity index (χ1v) is 13.4. The molecule has 0 saturated heterocycles. The molecular weight excluding hydrogens is 538 g/mol. The Morgan fingerprint density at radius 2 is 1.97 bits per heavy atom. The van der Waals surface area contributed by atoms with Crippen molar-refractivity contribution in [2.45, 2.75) is 33.1 Å². The van der Waals surface area contributed by atoms with Crippen molar-refractivity contribution in [2.75, 3.05) is 32.0 Å². The highest BCUT2D eigenvalue weighted by molar-refractivity contribution is 9.10. The Hall–Kier alpha value is -2.46. The molecule has 4 rings (SSSR count). The zero-order valence-electron chi connectivity index (χ0n) is 20.1. The van der Waals surface area contributed by atoms with Gasteiger partial charge in [0, 0.05) is 33.1 Å². The van der Waals surface area contributed by atoms with Gasteiger partial charge in [0.05, 0.1) is 12.7 Å². The summed E-state index contributed by atoms with van der Waals surface area (Å²) in [5, 5.41) is 3.27. The maximum absolute atomic E-state index is 13.8. The lowest BCUT2D eigenvalue weighted by Gasteiger charge is -2.38. The lowest BCUT2D eigenvalue weighted by Crippen LogP contribution is -2.43. The number of carbonyl (C=O) groups is 3. The number of halogens is 1. The summed E-state index contributed by atoms with van der Waals surface area (Å²) in [6.45, 7) is 6.04. The van der Waals surface area contributed by atoms with Gasteiger partial charge in [0.25, 0.3) is 0 Å². The smallest absolute Gasteiger partial charge is 0.336 e. The standard InChI is InChI=1S/C25H28BrNO7S/c1-5-35-7-6-32-25(30)20-13(3)27-16-8-12(2)19(24(29)31-4)23(28)22(16)21(20)14-9-17-18(10-15(14)26)34-11-33-17/h9-10,12,19,21,27H,5-8,11H2,1-4H3/t12-,19+,21-/m1/s1. The molecule has 0 bridgehead atoms. The second-order valence-corrected chi connectivity index (χ2v) is 10.8. The summed E-state index contributed by atoms with van der Waals surface area (Å²) in [5.74, 6) is -0.711. The van der Waals surface area contributed by atoms with Crippen molar-refractivity contribution < 1.29 is 33.3 Å². The molecule has 0 unspecified atom stereocenters. The van der Waals surface area contributed by atoms with E-state index < -0.39 is 23.8 Å². The van der Waals surface area contributed by atoms with Crippen LogP contribution in [-0.4, -0.2) is 49.7 Å². The topological polar surface area (TPSA) is 100 Å². The number of ether oxygens (including phenoxy) is 4. The van der Waals surface area contributed by atoms with Gasteiger partial charge in [-0.15, -0.1) is 0 Å². The van der Waals surface area contributed by atoms with Crippen LogP contribution in [0, 0.1) is 11.8 Å². The third-order valence-corrected chi connectivity index (χ3v) is 7.98. The number of Topliss-reactive ketones (excluding diaryl/α,β-unsaturated/α-hetero) is 1. The van der Waals surface area contributed by atoms with E-state index in [9.17, 15) is 14.4 Å². The predicted molar refractivity (Wildman–Crippen MR) is 134 cm³/mol. The molecule has 35 heavy (non-hydrogen) atoms. The number of nitrogens with one attached hydrogen (secondary N) is 1. The molecule has 2 heterocycles. The van der Waals surface area contributed by atoms with Crippen molar-refractivity contribution in [1.82, 2.24) is 5.32 Å². The fraction of sp³-hybridized carbons (Fsp3) is 0.480. The molecular formula is C25H28BrNO7S. The monoisotopic (exact) mass is 565 g/mol. The fourth-order valence-corrected chi connectivity index (χ4v) is 5.87. The number of rotatable bonds is 7. The third kappa shape index (κ3) is 4.82. The number of dihydropyridines is 1. The average Bonchev–Trinajstić information content (AvgIpc) is 3.27. The van der Waals surface area contributed by atoms with Gasteiger partial charge in [-0.05, 0) is 42.7 Å². The van der Waals surface area contributed by atoms with Crippen molar-refractivity contribution in [1.29, 1.82) is 0 Å². The number of hydrogen-bond acceptors (Lipinski definition) is 9. The lowest BCUT2D eigenvalue weighted by molar-refractivity contribution is -0.151. The Morgan fingerprint density at radius 3 is 2.66 bits per heavy atom. The number of thioether (sulfide) groups is 1. The van der Waals surface area contributed by atoms with Crippen molar-refractivity contribution in [3.05, 3.63) is 44.7 Å². The summed E-state index contributed by atoms with van der Waals surface area (Å²) in [4.78, 5) is 39.8. The second kappa shape index (κ2) is 10.7. The van der Waals surface area contributed by atoms with Crippen molar-refractivity contribution in [2.24, 2.45) is 11.8 Å². The largest absolute Gasteiger partial charge is 0.468 e. The van der Waals surface area contributed by atoms with Crippen LogP contribution in [0.15, 0.2) is 39.1 Å². The lowest BCUT2D eigenvalue weighted by atomic mass is 9.69. The summed E-state index contributed by atoms with van der Waals surface area (Å²) in [6, 6.07) is 3.54. The van der Waals surface area contributed by atoms with Gasteiger partial charge < -0.3 is 24.3 Å². The molecule has 0 saturated carbocycles. The van der Waals surface area contributed by atoms with E-state index in [1.165, 1.54) is 7.11 Å². The highest BCUT2D eigenvalue weighted by Gasteiger charge is 2.48. The molecule has 0 radical (unpaired) electrons. The number of allylic oxidation sites excluding steroid dienone is 3. The van der Waals surface area contributed by atoms with Crippen LogP contribution in [0.2, 0.25) is 0 Å². The molecule has 0 amide bonds. The van der Waals surface area contributed by atoms with Crippen LogP contribution in [0.4, 0.5) is 0 Å². The molecule has 0 aromatic heterocycles. The van der Waals surface area contributed by atoms with Gasteiger partial charge in [0.15, 0.2) is 17.3 Å². The summed E-state index contributed by atoms with van der Waals surface area (Å²) in [5.41, 5.74) is 2.68. The SMILES string of the molecule is CCSCCOC(=O)C1=C(C)NC2=C(C(=O)[C@@H](C(=O)OC)[C@H](C)C2)[C@@H]1c1cc2c(cc1Br)OCO2. The fourth-order valence-electron chi connectivity index (χ4n) is 4.83. The number of ketones is 1.